The Hall–Kier alpha value is -1.96. The van der Waals surface area contributed by atoms with E-state index in [0.717, 1.165) is 10.8 Å². The molecule has 0 amide bonds. The third kappa shape index (κ3) is 4.51. The molecule has 0 unspecified atom stereocenters. The van der Waals surface area contributed by atoms with Crippen molar-refractivity contribution in [3.05, 3.63) is 42.5 Å². The Morgan fingerprint density at radius 1 is 1.13 bits per heavy atom. The number of fused-ring (bicyclic) bond motifs is 1. The predicted molar refractivity (Wildman–Crippen MR) is 88.3 cm³/mol. The van der Waals surface area contributed by atoms with E-state index in [1.807, 2.05) is 38.1 Å². The number of carbonyl (C=O) groups is 1. The van der Waals surface area contributed by atoms with Crippen LogP contribution >= 0.6 is 0 Å². The molecule has 0 saturated carbocycles. The lowest BCUT2D eigenvalue weighted by molar-refractivity contribution is -0.140. The summed E-state index contributed by atoms with van der Waals surface area (Å²) in [6.45, 7) is 3.74. The Kier molecular flexibility index (Phi) is 5.35. The molecule has 0 aliphatic carbocycles. The van der Waals surface area contributed by atoms with E-state index >= 15 is 0 Å². The largest absolute Gasteiger partial charge is 0.480 e. The summed E-state index contributed by atoms with van der Waals surface area (Å²) in [6.07, 6.45) is 0.315. The Morgan fingerprint density at radius 2 is 1.78 bits per heavy atom. The summed E-state index contributed by atoms with van der Waals surface area (Å²) in [5, 5.41) is 10.9. The van der Waals surface area contributed by atoms with Crippen LogP contribution in [0.2, 0.25) is 0 Å². The van der Waals surface area contributed by atoms with Crippen molar-refractivity contribution in [1.29, 1.82) is 0 Å². The van der Waals surface area contributed by atoms with Gasteiger partial charge in [0.2, 0.25) is 0 Å². The van der Waals surface area contributed by atoms with E-state index in [4.69, 9.17) is 5.11 Å². The first-order valence-electron chi connectivity index (χ1n) is 7.28. The molecule has 0 aliphatic rings. The van der Waals surface area contributed by atoms with Crippen LogP contribution < -0.4 is 10.3 Å². The van der Waals surface area contributed by atoms with Crippen LogP contribution in [0.5, 0.6) is 0 Å². The molecule has 0 aliphatic heterocycles. The molecular formula is C16H20N2O4S. The summed E-state index contributed by atoms with van der Waals surface area (Å²) in [7, 11) is -3.84. The molecule has 3 N–H and O–H groups in total. The molecule has 23 heavy (non-hydrogen) atoms. The second-order valence-electron chi connectivity index (χ2n) is 5.78. The average molecular weight is 336 g/mol. The quantitative estimate of drug-likeness (QED) is 0.673. The number of hydrazine groups is 1. The van der Waals surface area contributed by atoms with E-state index in [1.165, 1.54) is 6.07 Å². The van der Waals surface area contributed by atoms with Gasteiger partial charge in [0.05, 0.1) is 4.90 Å². The van der Waals surface area contributed by atoms with Crippen LogP contribution in [0, 0.1) is 5.92 Å². The van der Waals surface area contributed by atoms with Crippen LogP contribution in [0.25, 0.3) is 10.8 Å². The molecule has 0 aromatic heterocycles. The number of carboxylic acid groups (broad SMARTS) is 1. The molecule has 2 aromatic rings. The summed E-state index contributed by atoms with van der Waals surface area (Å²) >= 11 is 0. The van der Waals surface area contributed by atoms with Gasteiger partial charge in [-0.25, -0.2) is 13.8 Å². The van der Waals surface area contributed by atoms with Gasteiger partial charge in [0.1, 0.15) is 6.04 Å². The summed E-state index contributed by atoms with van der Waals surface area (Å²) in [6, 6.07) is 11.2. The highest BCUT2D eigenvalue weighted by Gasteiger charge is 2.22. The molecular weight excluding hydrogens is 316 g/mol. The van der Waals surface area contributed by atoms with E-state index in [9.17, 15) is 13.2 Å². The third-order valence-corrected chi connectivity index (χ3v) is 4.67. The zero-order valence-corrected chi connectivity index (χ0v) is 13.8. The minimum atomic E-state index is -3.84. The first-order valence-corrected chi connectivity index (χ1v) is 8.77. The van der Waals surface area contributed by atoms with Gasteiger partial charge in [-0.15, -0.1) is 4.83 Å². The standard InChI is InChI=1S/C16H20N2O4S/c1-11(2)9-15(16(19)20)17-18-23(21,22)14-8-7-12-5-3-4-6-13(12)10-14/h3-8,10-11,15,17-18H,9H2,1-2H3,(H,19,20)/t15-/m0/s1. The van der Waals surface area contributed by atoms with Crippen LogP contribution in [-0.4, -0.2) is 25.5 Å². The summed E-state index contributed by atoms with van der Waals surface area (Å²) < 4.78 is 24.6. The van der Waals surface area contributed by atoms with Crippen molar-refractivity contribution in [3.63, 3.8) is 0 Å². The molecule has 6 nitrogen and oxygen atoms in total. The lowest BCUT2D eigenvalue weighted by Gasteiger charge is -2.17. The number of hydrogen-bond acceptors (Lipinski definition) is 4. The van der Waals surface area contributed by atoms with Crippen LogP contribution in [-0.2, 0) is 14.8 Å². The number of benzene rings is 2. The van der Waals surface area contributed by atoms with Gasteiger partial charge >= 0.3 is 5.97 Å². The normalized spacial score (nSPS) is 13.3. The monoisotopic (exact) mass is 336 g/mol. The molecule has 7 heteroatoms. The number of nitrogens with one attached hydrogen (secondary N) is 2. The zero-order chi connectivity index (χ0) is 17.0. The number of hydrogen-bond donors (Lipinski definition) is 3. The summed E-state index contributed by atoms with van der Waals surface area (Å²) in [4.78, 5) is 13.4. The SMILES string of the molecule is CC(C)C[C@H](NNS(=O)(=O)c1ccc2ccccc2c1)C(=O)O. The first kappa shape index (κ1) is 17.4. The van der Waals surface area contributed by atoms with Gasteiger partial charge in [-0.3, -0.25) is 4.79 Å². The Bertz CT molecular complexity index is 803. The topological polar surface area (TPSA) is 95.5 Å². The van der Waals surface area contributed by atoms with E-state index < -0.39 is 22.0 Å². The molecule has 0 saturated heterocycles. The smallest absolute Gasteiger partial charge is 0.322 e. The van der Waals surface area contributed by atoms with Crippen molar-refractivity contribution in [1.82, 2.24) is 10.3 Å². The second-order valence-corrected chi connectivity index (χ2v) is 7.46. The molecule has 0 bridgehead atoms. The van der Waals surface area contributed by atoms with Crippen LogP contribution in [0.15, 0.2) is 47.4 Å². The fourth-order valence-electron chi connectivity index (χ4n) is 2.24. The lowest BCUT2D eigenvalue weighted by Crippen LogP contribution is -2.48. The number of sulfonamides is 1. The van der Waals surface area contributed by atoms with Gasteiger partial charge in [0, 0.05) is 0 Å². The number of carboxylic acids is 1. The highest BCUT2D eigenvalue weighted by Crippen LogP contribution is 2.18. The van der Waals surface area contributed by atoms with Crippen molar-refractivity contribution < 1.29 is 18.3 Å². The van der Waals surface area contributed by atoms with Crippen molar-refractivity contribution in [2.24, 2.45) is 5.92 Å². The predicted octanol–water partition coefficient (Wildman–Crippen LogP) is 2.12. The van der Waals surface area contributed by atoms with Crippen LogP contribution in [0.1, 0.15) is 20.3 Å². The first-order chi connectivity index (χ1) is 10.8. The molecule has 0 spiro atoms. The number of aliphatic carboxylic acids is 1. The van der Waals surface area contributed by atoms with E-state index in [2.05, 4.69) is 10.3 Å². The Labute approximate surface area is 135 Å². The molecule has 0 radical (unpaired) electrons. The van der Waals surface area contributed by atoms with Crippen molar-refractivity contribution >= 4 is 26.8 Å². The van der Waals surface area contributed by atoms with E-state index in [-0.39, 0.29) is 10.8 Å². The van der Waals surface area contributed by atoms with Crippen LogP contribution in [0.4, 0.5) is 0 Å². The molecule has 2 rings (SSSR count). The summed E-state index contributed by atoms with van der Waals surface area (Å²) in [5.74, 6) is -0.978. The van der Waals surface area contributed by atoms with E-state index in [0.29, 0.717) is 6.42 Å². The van der Waals surface area contributed by atoms with Gasteiger partial charge in [0.15, 0.2) is 0 Å². The molecule has 124 valence electrons. The fourth-order valence-corrected chi connectivity index (χ4v) is 3.18. The van der Waals surface area contributed by atoms with Gasteiger partial charge in [-0.05, 0) is 35.2 Å². The van der Waals surface area contributed by atoms with Crippen molar-refractivity contribution in [2.45, 2.75) is 31.2 Å². The van der Waals surface area contributed by atoms with Gasteiger partial charge < -0.3 is 5.11 Å². The highest BCUT2D eigenvalue weighted by molar-refractivity contribution is 7.89. The maximum absolute atomic E-state index is 12.3. The van der Waals surface area contributed by atoms with Crippen molar-refractivity contribution in [2.75, 3.05) is 0 Å². The zero-order valence-electron chi connectivity index (χ0n) is 13.0. The maximum atomic E-state index is 12.3. The fraction of sp³-hybridized carbons (Fsp3) is 0.312. The molecule has 0 heterocycles. The molecule has 0 fully saturated rings. The lowest BCUT2D eigenvalue weighted by atomic mass is 10.0. The van der Waals surface area contributed by atoms with Gasteiger partial charge in [0.25, 0.3) is 10.0 Å². The minimum Gasteiger partial charge on any atom is -0.480 e. The molecule has 2 aromatic carbocycles. The Morgan fingerprint density at radius 3 is 2.39 bits per heavy atom. The van der Waals surface area contributed by atoms with Crippen LogP contribution in [0.3, 0.4) is 0 Å². The maximum Gasteiger partial charge on any atom is 0.322 e. The summed E-state index contributed by atoms with van der Waals surface area (Å²) in [5.41, 5.74) is 2.40. The average Bonchev–Trinajstić information content (AvgIpc) is 2.50. The van der Waals surface area contributed by atoms with Gasteiger partial charge in [-0.1, -0.05) is 44.2 Å². The molecule has 1 atom stereocenters. The van der Waals surface area contributed by atoms with E-state index in [1.54, 1.807) is 12.1 Å². The van der Waals surface area contributed by atoms with Crippen molar-refractivity contribution in [3.8, 4) is 0 Å². The highest BCUT2D eigenvalue weighted by atomic mass is 32.2. The number of rotatable bonds is 7. The Balaban J connectivity index is 2.18. The second kappa shape index (κ2) is 7.08. The van der Waals surface area contributed by atoms with Gasteiger partial charge in [-0.2, -0.15) is 0 Å². The minimum absolute atomic E-state index is 0.0809. The third-order valence-electron chi connectivity index (χ3n) is 3.40.